The molecule has 5 rings (SSSR count). The maximum Gasteiger partial charge on any atom is 0.325 e. The second kappa shape index (κ2) is 7.56. The molecule has 31 heavy (non-hydrogen) atoms. The van der Waals surface area contributed by atoms with Crippen molar-refractivity contribution in [3.8, 4) is 0 Å². The molecule has 1 saturated heterocycles. The normalized spacial score (nSPS) is 22.9. The lowest BCUT2D eigenvalue weighted by Crippen LogP contribution is -2.46. The molecule has 0 bridgehead atoms. The van der Waals surface area contributed by atoms with Crippen LogP contribution in [0.25, 0.3) is 0 Å². The van der Waals surface area contributed by atoms with Crippen molar-refractivity contribution in [2.45, 2.75) is 51.0 Å². The van der Waals surface area contributed by atoms with E-state index in [0.717, 1.165) is 53.9 Å². The van der Waals surface area contributed by atoms with Crippen LogP contribution < -0.4 is 10.6 Å². The van der Waals surface area contributed by atoms with Gasteiger partial charge in [-0.25, -0.2) is 4.79 Å². The van der Waals surface area contributed by atoms with Crippen LogP contribution in [0, 0.1) is 5.92 Å². The average Bonchev–Trinajstić information content (AvgIpc) is 3.27. The van der Waals surface area contributed by atoms with Gasteiger partial charge < -0.3 is 10.6 Å². The molecule has 1 unspecified atom stereocenters. The Balaban J connectivity index is 1.38. The molecule has 1 aliphatic heterocycles. The van der Waals surface area contributed by atoms with E-state index in [4.69, 9.17) is 0 Å². The van der Waals surface area contributed by atoms with Crippen molar-refractivity contribution in [2.75, 3.05) is 11.9 Å². The Morgan fingerprint density at radius 3 is 2.74 bits per heavy atom. The molecule has 0 spiro atoms. The van der Waals surface area contributed by atoms with Crippen molar-refractivity contribution in [3.63, 3.8) is 0 Å². The fraction of sp³-hybridized carbons (Fsp3) is 0.455. The number of carbonyl (C=O) groups is 4. The minimum atomic E-state index is -0.917. The smallest absolute Gasteiger partial charge is 0.323 e. The molecule has 7 nitrogen and oxygen atoms in total. The van der Waals surface area contributed by atoms with Gasteiger partial charge in [0.15, 0.2) is 0 Å². The van der Waals surface area contributed by atoms with Crippen LogP contribution in [0.3, 0.4) is 0 Å². The predicted molar refractivity (Wildman–Crippen MR) is 119 cm³/mol. The average molecular weight is 458 g/mol. The number of nitrogens with zero attached hydrogens (tertiary/aromatic N) is 1. The number of aryl methyl sites for hydroxylation is 1. The number of fused-ring (bicyclic) bond motifs is 1. The Hall–Kier alpha value is -2.52. The Labute approximate surface area is 187 Å². The summed E-state index contributed by atoms with van der Waals surface area (Å²) in [7, 11) is 0. The monoisotopic (exact) mass is 457 g/mol. The first kappa shape index (κ1) is 20.4. The summed E-state index contributed by atoms with van der Waals surface area (Å²) >= 11 is 2.82. The third-order valence-corrected chi connectivity index (χ3v) is 8.47. The number of nitrogens with one attached hydrogen (secondary N) is 2. The number of hydrogen-bond donors (Lipinski definition) is 2. The van der Waals surface area contributed by atoms with Gasteiger partial charge in [-0.3, -0.25) is 19.3 Å². The topological polar surface area (TPSA) is 95.6 Å². The molecule has 9 heteroatoms. The van der Waals surface area contributed by atoms with E-state index >= 15 is 0 Å². The fourth-order valence-electron chi connectivity index (χ4n) is 4.53. The van der Waals surface area contributed by atoms with Crippen LogP contribution >= 0.6 is 22.7 Å². The number of imide groups is 1. The number of urea groups is 1. The summed E-state index contributed by atoms with van der Waals surface area (Å²) in [6.45, 7) is 1.37. The molecule has 1 saturated carbocycles. The Bertz CT molecular complexity index is 1090. The zero-order chi connectivity index (χ0) is 21.8. The van der Waals surface area contributed by atoms with Crippen LogP contribution in [0.4, 0.5) is 9.80 Å². The fourth-order valence-corrected chi connectivity index (χ4v) is 6.50. The highest BCUT2D eigenvalue weighted by molar-refractivity contribution is 7.17. The molecule has 2 aliphatic carbocycles. The summed E-state index contributed by atoms with van der Waals surface area (Å²) in [5.74, 6) is -0.769. The van der Waals surface area contributed by atoms with E-state index in [1.165, 1.54) is 22.7 Å². The van der Waals surface area contributed by atoms with Crippen molar-refractivity contribution in [1.29, 1.82) is 0 Å². The highest BCUT2D eigenvalue weighted by Crippen LogP contribution is 2.43. The SMILES string of the molecule is CC1(C2CC2)NC(=O)N(CC(=O)Nc2sc3c(c2C(=O)c2cccs2)CCCC3)C1=O. The molecule has 162 valence electrons. The summed E-state index contributed by atoms with van der Waals surface area (Å²) in [5.41, 5.74) is 0.677. The number of rotatable bonds is 6. The van der Waals surface area contributed by atoms with Crippen molar-refractivity contribution >= 4 is 51.3 Å². The van der Waals surface area contributed by atoms with Gasteiger partial charge in [0.25, 0.3) is 5.91 Å². The number of hydrogen-bond acceptors (Lipinski definition) is 6. The summed E-state index contributed by atoms with van der Waals surface area (Å²) in [5, 5.41) is 7.98. The maximum atomic E-state index is 13.2. The van der Waals surface area contributed by atoms with Crippen LogP contribution in [0.5, 0.6) is 0 Å². The standard InChI is InChI=1S/C22H23N3O4S2/c1-22(12-8-9-12)20(28)25(21(29)24-22)11-16(26)23-19-17(18(27)15-7-4-10-30-15)13-5-2-3-6-14(13)31-19/h4,7,10,12H,2-3,5-6,8-9,11H2,1H3,(H,23,26)(H,24,29). The molecule has 2 fully saturated rings. The van der Waals surface area contributed by atoms with E-state index < -0.39 is 17.5 Å². The number of ketones is 1. The van der Waals surface area contributed by atoms with Gasteiger partial charge in [-0.1, -0.05) is 6.07 Å². The summed E-state index contributed by atoms with van der Waals surface area (Å²) < 4.78 is 0. The van der Waals surface area contributed by atoms with E-state index in [9.17, 15) is 19.2 Å². The molecule has 4 amide bonds. The van der Waals surface area contributed by atoms with Gasteiger partial charge >= 0.3 is 6.03 Å². The molecule has 0 radical (unpaired) electrons. The van der Waals surface area contributed by atoms with Crippen LogP contribution in [0.15, 0.2) is 17.5 Å². The molecular formula is C22H23N3O4S2. The van der Waals surface area contributed by atoms with E-state index in [-0.39, 0.29) is 24.2 Å². The van der Waals surface area contributed by atoms with Crippen molar-refractivity contribution in [3.05, 3.63) is 38.4 Å². The molecule has 2 N–H and O–H groups in total. The van der Waals surface area contributed by atoms with Crippen molar-refractivity contribution < 1.29 is 19.2 Å². The molecule has 2 aromatic heterocycles. The number of thiophene rings is 2. The number of carbonyl (C=O) groups excluding carboxylic acids is 4. The minimum absolute atomic E-state index is 0.0824. The summed E-state index contributed by atoms with van der Waals surface area (Å²) in [6.07, 6.45) is 5.60. The first-order valence-corrected chi connectivity index (χ1v) is 12.2. The van der Waals surface area contributed by atoms with Crippen LogP contribution in [0.2, 0.25) is 0 Å². The highest BCUT2D eigenvalue weighted by atomic mass is 32.1. The van der Waals surface area contributed by atoms with Crippen molar-refractivity contribution in [2.24, 2.45) is 5.92 Å². The third kappa shape index (κ3) is 3.49. The molecule has 2 aromatic rings. The van der Waals surface area contributed by atoms with E-state index in [2.05, 4.69) is 10.6 Å². The van der Waals surface area contributed by atoms with Gasteiger partial charge in [0.05, 0.1) is 10.4 Å². The quantitative estimate of drug-likeness (QED) is 0.512. The lowest BCUT2D eigenvalue weighted by atomic mass is 9.93. The predicted octanol–water partition coefficient (Wildman–Crippen LogP) is 3.58. The first-order chi connectivity index (χ1) is 14.9. The minimum Gasteiger partial charge on any atom is -0.323 e. The van der Waals surface area contributed by atoms with Gasteiger partial charge in [0.1, 0.15) is 17.1 Å². The molecular weight excluding hydrogens is 434 g/mol. The highest BCUT2D eigenvalue weighted by Gasteiger charge is 2.56. The number of amides is 4. The molecule has 0 aromatic carbocycles. The van der Waals surface area contributed by atoms with Gasteiger partial charge in [-0.2, -0.15) is 0 Å². The molecule has 1 atom stereocenters. The Kier molecular flexibility index (Phi) is 4.97. The Morgan fingerprint density at radius 2 is 2.03 bits per heavy atom. The van der Waals surface area contributed by atoms with Crippen LogP contribution in [-0.2, 0) is 22.4 Å². The van der Waals surface area contributed by atoms with Crippen LogP contribution in [-0.4, -0.2) is 40.6 Å². The second-order valence-electron chi connectivity index (χ2n) is 8.57. The molecule has 3 heterocycles. The van der Waals surface area contributed by atoms with Crippen molar-refractivity contribution in [1.82, 2.24) is 10.2 Å². The van der Waals surface area contributed by atoms with Gasteiger partial charge in [0.2, 0.25) is 11.7 Å². The van der Waals surface area contributed by atoms with E-state index in [1.54, 1.807) is 13.0 Å². The van der Waals surface area contributed by atoms with Gasteiger partial charge in [-0.15, -0.1) is 22.7 Å². The summed E-state index contributed by atoms with van der Waals surface area (Å²) in [4.78, 5) is 54.0. The van der Waals surface area contributed by atoms with Gasteiger partial charge in [-0.05, 0) is 68.4 Å². The zero-order valence-corrected chi connectivity index (χ0v) is 18.8. The zero-order valence-electron chi connectivity index (χ0n) is 17.2. The second-order valence-corrected chi connectivity index (χ2v) is 10.6. The Morgan fingerprint density at radius 1 is 1.26 bits per heavy atom. The first-order valence-electron chi connectivity index (χ1n) is 10.5. The lowest BCUT2D eigenvalue weighted by Gasteiger charge is -2.20. The summed E-state index contributed by atoms with van der Waals surface area (Å²) in [6, 6.07) is 3.09. The number of anilines is 1. The largest absolute Gasteiger partial charge is 0.325 e. The molecule has 3 aliphatic rings. The van der Waals surface area contributed by atoms with Crippen LogP contribution in [0.1, 0.15) is 58.3 Å². The maximum absolute atomic E-state index is 13.2. The van der Waals surface area contributed by atoms with E-state index in [0.29, 0.717) is 15.4 Å². The van der Waals surface area contributed by atoms with E-state index in [1.807, 2.05) is 11.4 Å². The van der Waals surface area contributed by atoms with Gasteiger partial charge in [0, 0.05) is 4.88 Å². The third-order valence-electron chi connectivity index (χ3n) is 6.39. The lowest BCUT2D eigenvalue weighted by molar-refractivity contribution is -0.134.